The van der Waals surface area contributed by atoms with Crippen LogP contribution >= 0.6 is 11.8 Å². The SMILES string of the molecule is COc1ccc(OCC(=O)Nc2c3c(nn2CC(=O)NCc2ccccc2)CSC3)cc1. The van der Waals surface area contributed by atoms with E-state index in [0.29, 0.717) is 23.9 Å². The van der Waals surface area contributed by atoms with Crippen LogP contribution in [0.3, 0.4) is 0 Å². The number of aromatic nitrogens is 2. The van der Waals surface area contributed by atoms with Crippen molar-refractivity contribution in [2.24, 2.45) is 0 Å². The summed E-state index contributed by atoms with van der Waals surface area (Å²) in [4.78, 5) is 25.0. The van der Waals surface area contributed by atoms with Crippen molar-refractivity contribution in [2.45, 2.75) is 24.6 Å². The van der Waals surface area contributed by atoms with E-state index in [-0.39, 0.29) is 25.0 Å². The molecule has 0 fully saturated rings. The van der Waals surface area contributed by atoms with Crippen LogP contribution in [0.1, 0.15) is 16.8 Å². The molecule has 0 aliphatic carbocycles. The maximum atomic E-state index is 12.5. The highest BCUT2D eigenvalue weighted by Gasteiger charge is 2.25. The number of hydrogen-bond donors (Lipinski definition) is 2. The molecule has 8 nitrogen and oxygen atoms in total. The van der Waals surface area contributed by atoms with Gasteiger partial charge in [0, 0.05) is 23.6 Å². The minimum Gasteiger partial charge on any atom is -0.497 e. The number of thioether (sulfide) groups is 1. The fraction of sp³-hybridized carbons (Fsp3) is 0.261. The number of anilines is 1. The zero-order valence-electron chi connectivity index (χ0n) is 17.7. The third-order valence-corrected chi connectivity index (χ3v) is 5.90. The van der Waals surface area contributed by atoms with Crippen molar-refractivity contribution in [1.82, 2.24) is 15.1 Å². The standard InChI is InChI=1S/C23H24N4O4S/c1-30-17-7-9-18(10-8-17)31-13-22(29)25-23-19-14-32-15-20(19)26-27(23)12-21(28)24-11-16-5-3-2-4-6-16/h2-10H,11-15H2,1H3,(H,24,28)(H,25,29). The van der Waals surface area contributed by atoms with Crippen LogP contribution in [-0.2, 0) is 34.2 Å². The second-order valence-electron chi connectivity index (χ2n) is 7.20. The van der Waals surface area contributed by atoms with Crippen LogP contribution in [0, 0.1) is 0 Å². The first-order valence-corrected chi connectivity index (χ1v) is 11.3. The topological polar surface area (TPSA) is 94.5 Å². The van der Waals surface area contributed by atoms with E-state index in [2.05, 4.69) is 15.7 Å². The summed E-state index contributed by atoms with van der Waals surface area (Å²) in [5.41, 5.74) is 2.88. The Hall–Kier alpha value is -3.46. The fourth-order valence-corrected chi connectivity index (χ4v) is 4.33. The first-order chi connectivity index (χ1) is 15.6. The first-order valence-electron chi connectivity index (χ1n) is 10.2. The van der Waals surface area contributed by atoms with Gasteiger partial charge in [0.05, 0.1) is 12.8 Å². The summed E-state index contributed by atoms with van der Waals surface area (Å²) in [6, 6.07) is 16.7. The summed E-state index contributed by atoms with van der Waals surface area (Å²) in [5, 5.41) is 10.3. The lowest BCUT2D eigenvalue weighted by Crippen LogP contribution is -2.29. The molecule has 2 heterocycles. The molecule has 32 heavy (non-hydrogen) atoms. The Morgan fingerprint density at radius 1 is 1.03 bits per heavy atom. The Bertz CT molecular complexity index is 1080. The van der Waals surface area contributed by atoms with E-state index in [4.69, 9.17) is 9.47 Å². The van der Waals surface area contributed by atoms with Crippen LogP contribution in [0.25, 0.3) is 0 Å². The van der Waals surface area contributed by atoms with Gasteiger partial charge in [-0.25, -0.2) is 4.68 Å². The predicted molar refractivity (Wildman–Crippen MR) is 123 cm³/mol. The second-order valence-corrected chi connectivity index (χ2v) is 8.18. The number of amides is 2. The number of nitrogens with zero attached hydrogens (tertiary/aromatic N) is 2. The van der Waals surface area contributed by atoms with Crippen LogP contribution in [0.15, 0.2) is 54.6 Å². The van der Waals surface area contributed by atoms with E-state index in [0.717, 1.165) is 28.3 Å². The van der Waals surface area contributed by atoms with Crippen LogP contribution in [-0.4, -0.2) is 35.3 Å². The molecule has 1 aliphatic heterocycles. The van der Waals surface area contributed by atoms with Crippen molar-refractivity contribution in [3.05, 3.63) is 71.4 Å². The molecule has 0 bridgehead atoms. The van der Waals surface area contributed by atoms with Gasteiger partial charge in [0.1, 0.15) is 23.9 Å². The van der Waals surface area contributed by atoms with Crippen molar-refractivity contribution in [1.29, 1.82) is 0 Å². The number of carbonyl (C=O) groups is 2. The second kappa shape index (κ2) is 10.2. The van der Waals surface area contributed by atoms with E-state index in [1.165, 1.54) is 0 Å². The molecule has 3 aromatic rings. The average Bonchev–Trinajstić information content (AvgIpc) is 3.40. The molecule has 9 heteroatoms. The van der Waals surface area contributed by atoms with Gasteiger partial charge in [0.25, 0.3) is 5.91 Å². The monoisotopic (exact) mass is 452 g/mol. The van der Waals surface area contributed by atoms with Gasteiger partial charge < -0.3 is 20.1 Å². The Morgan fingerprint density at radius 2 is 1.78 bits per heavy atom. The van der Waals surface area contributed by atoms with Gasteiger partial charge in [-0.2, -0.15) is 16.9 Å². The lowest BCUT2D eigenvalue weighted by Gasteiger charge is -2.12. The average molecular weight is 453 g/mol. The predicted octanol–water partition coefficient (Wildman–Crippen LogP) is 2.97. The van der Waals surface area contributed by atoms with Crippen LogP contribution < -0.4 is 20.1 Å². The molecule has 1 aliphatic rings. The van der Waals surface area contributed by atoms with Crippen molar-refractivity contribution in [2.75, 3.05) is 19.0 Å². The number of nitrogens with one attached hydrogen (secondary N) is 2. The van der Waals surface area contributed by atoms with E-state index in [1.54, 1.807) is 47.8 Å². The smallest absolute Gasteiger partial charge is 0.263 e. The summed E-state index contributed by atoms with van der Waals surface area (Å²) in [6.07, 6.45) is 0. The van der Waals surface area contributed by atoms with E-state index in [9.17, 15) is 9.59 Å². The van der Waals surface area contributed by atoms with Gasteiger partial charge in [-0.15, -0.1) is 0 Å². The molecule has 0 atom stereocenters. The molecule has 0 saturated carbocycles. The fourth-order valence-electron chi connectivity index (χ4n) is 3.30. The minimum absolute atomic E-state index is 0.0272. The van der Waals surface area contributed by atoms with Gasteiger partial charge >= 0.3 is 0 Å². The first kappa shape index (κ1) is 21.8. The molecule has 0 spiro atoms. The summed E-state index contributed by atoms with van der Waals surface area (Å²) in [5.74, 6) is 2.86. The third-order valence-electron chi connectivity index (χ3n) is 4.93. The Labute approximate surface area is 190 Å². The van der Waals surface area contributed by atoms with Gasteiger partial charge in [-0.1, -0.05) is 30.3 Å². The lowest BCUT2D eigenvalue weighted by molar-refractivity contribution is -0.122. The van der Waals surface area contributed by atoms with Gasteiger partial charge in [-0.05, 0) is 29.8 Å². The summed E-state index contributed by atoms with van der Waals surface area (Å²) < 4.78 is 12.2. The summed E-state index contributed by atoms with van der Waals surface area (Å²) in [6.45, 7) is 0.312. The maximum Gasteiger partial charge on any atom is 0.263 e. The number of hydrogen-bond acceptors (Lipinski definition) is 6. The quantitative estimate of drug-likeness (QED) is 0.518. The number of benzene rings is 2. The molecule has 1 aromatic heterocycles. The molecule has 2 N–H and O–H groups in total. The van der Waals surface area contributed by atoms with Gasteiger partial charge in [0.2, 0.25) is 5.91 Å². The third kappa shape index (κ3) is 5.42. The molecule has 2 amide bonds. The number of ether oxygens (including phenoxy) is 2. The van der Waals surface area contributed by atoms with E-state index >= 15 is 0 Å². The van der Waals surface area contributed by atoms with Crippen LogP contribution in [0.4, 0.5) is 5.82 Å². The highest BCUT2D eigenvalue weighted by molar-refractivity contribution is 7.98. The van der Waals surface area contributed by atoms with Crippen LogP contribution in [0.2, 0.25) is 0 Å². The zero-order valence-corrected chi connectivity index (χ0v) is 18.5. The number of fused-ring (bicyclic) bond motifs is 1. The molecule has 166 valence electrons. The largest absolute Gasteiger partial charge is 0.497 e. The lowest BCUT2D eigenvalue weighted by atomic mass is 10.2. The molecular formula is C23H24N4O4S. The summed E-state index contributed by atoms with van der Waals surface area (Å²) >= 11 is 1.73. The van der Waals surface area contributed by atoms with Crippen molar-refractivity contribution < 1.29 is 19.1 Å². The highest BCUT2D eigenvalue weighted by Crippen LogP contribution is 2.34. The zero-order chi connectivity index (χ0) is 22.3. The van der Waals surface area contributed by atoms with Gasteiger partial charge in [0.15, 0.2) is 6.61 Å². The molecule has 4 rings (SSSR count). The highest BCUT2D eigenvalue weighted by atomic mass is 32.2. The van der Waals surface area contributed by atoms with E-state index < -0.39 is 0 Å². The summed E-state index contributed by atoms with van der Waals surface area (Å²) in [7, 11) is 1.59. The van der Waals surface area contributed by atoms with Crippen molar-refractivity contribution in [3.8, 4) is 11.5 Å². The van der Waals surface area contributed by atoms with Crippen molar-refractivity contribution in [3.63, 3.8) is 0 Å². The normalized spacial score (nSPS) is 12.2. The van der Waals surface area contributed by atoms with Gasteiger partial charge in [-0.3, -0.25) is 9.59 Å². The number of rotatable bonds is 9. The number of methoxy groups -OCH3 is 1. The molecular weight excluding hydrogens is 428 g/mol. The molecule has 0 saturated heterocycles. The molecule has 0 radical (unpaired) electrons. The Morgan fingerprint density at radius 3 is 2.53 bits per heavy atom. The Kier molecular flexibility index (Phi) is 6.96. The van der Waals surface area contributed by atoms with E-state index in [1.807, 2.05) is 30.3 Å². The molecule has 2 aromatic carbocycles. The Balaban J connectivity index is 1.37. The van der Waals surface area contributed by atoms with Crippen molar-refractivity contribution >= 4 is 29.4 Å². The van der Waals surface area contributed by atoms with Crippen LogP contribution in [0.5, 0.6) is 11.5 Å². The molecule has 0 unspecified atom stereocenters. The minimum atomic E-state index is -0.314. The maximum absolute atomic E-state index is 12.5. The number of carbonyl (C=O) groups excluding carboxylic acids is 2.